The van der Waals surface area contributed by atoms with Gasteiger partial charge in [0.1, 0.15) is 0 Å². The summed E-state index contributed by atoms with van der Waals surface area (Å²) >= 11 is 0. The van der Waals surface area contributed by atoms with Crippen LogP contribution in [0.5, 0.6) is 0 Å². The lowest BCUT2D eigenvalue weighted by molar-refractivity contribution is -0.128. The predicted molar refractivity (Wildman–Crippen MR) is 112 cm³/mol. The zero-order chi connectivity index (χ0) is 20.7. The van der Waals surface area contributed by atoms with Gasteiger partial charge in [0.15, 0.2) is 0 Å². The highest BCUT2D eigenvalue weighted by Crippen LogP contribution is 2.39. The Bertz CT molecular complexity index is 869. The van der Waals surface area contributed by atoms with Crippen molar-refractivity contribution in [3.8, 4) is 0 Å². The van der Waals surface area contributed by atoms with E-state index in [1.165, 1.54) is 5.56 Å². The first-order valence-corrected chi connectivity index (χ1v) is 9.98. The summed E-state index contributed by atoms with van der Waals surface area (Å²) in [6.07, 6.45) is 1.70. The normalized spacial score (nSPS) is 20.6. The maximum Gasteiger partial charge on any atom is 0.322 e. The van der Waals surface area contributed by atoms with Crippen LogP contribution in [0.3, 0.4) is 0 Å². The molecule has 2 aliphatic heterocycles. The fourth-order valence-electron chi connectivity index (χ4n) is 4.05. The van der Waals surface area contributed by atoms with Gasteiger partial charge < -0.3 is 10.2 Å². The standard InChI is InChI=1S/C23H31N3O2/c1-8-9-25-19-12-26(17(7)13(2)3)22(27)20(19)21(24-23(25)28)18-11-15(5)14(4)10-16(18)6/h8,10-11,13,17,21H,1,9,12H2,2-7H3,(H,24,28)/t17-,21-/m0/s1. The molecule has 2 heterocycles. The van der Waals surface area contributed by atoms with Gasteiger partial charge in [-0.3, -0.25) is 9.69 Å². The van der Waals surface area contributed by atoms with Gasteiger partial charge in [0.05, 0.1) is 23.9 Å². The fourth-order valence-corrected chi connectivity index (χ4v) is 4.05. The van der Waals surface area contributed by atoms with Gasteiger partial charge in [-0.25, -0.2) is 4.79 Å². The Balaban J connectivity index is 2.12. The Labute approximate surface area is 168 Å². The van der Waals surface area contributed by atoms with Gasteiger partial charge in [-0.2, -0.15) is 0 Å². The molecule has 1 aromatic rings. The van der Waals surface area contributed by atoms with E-state index in [9.17, 15) is 9.59 Å². The van der Waals surface area contributed by atoms with Crippen LogP contribution >= 0.6 is 0 Å². The van der Waals surface area contributed by atoms with E-state index in [0.29, 0.717) is 24.6 Å². The quantitative estimate of drug-likeness (QED) is 0.784. The van der Waals surface area contributed by atoms with Crippen molar-refractivity contribution in [1.82, 2.24) is 15.1 Å². The van der Waals surface area contributed by atoms with Crippen LogP contribution in [0.4, 0.5) is 4.79 Å². The van der Waals surface area contributed by atoms with Gasteiger partial charge in [0, 0.05) is 12.6 Å². The van der Waals surface area contributed by atoms with Crippen LogP contribution in [0, 0.1) is 26.7 Å². The van der Waals surface area contributed by atoms with Crippen LogP contribution in [0.25, 0.3) is 0 Å². The first-order valence-electron chi connectivity index (χ1n) is 9.98. The average Bonchev–Trinajstić information content (AvgIpc) is 2.97. The summed E-state index contributed by atoms with van der Waals surface area (Å²) in [7, 11) is 0. The molecule has 0 aromatic heterocycles. The highest BCUT2D eigenvalue weighted by molar-refractivity contribution is 6.01. The third kappa shape index (κ3) is 3.23. The molecule has 3 rings (SSSR count). The number of rotatable bonds is 5. The molecular formula is C23H31N3O2. The lowest BCUT2D eigenvalue weighted by Gasteiger charge is -2.33. The third-order valence-electron chi connectivity index (χ3n) is 6.21. The van der Waals surface area contributed by atoms with Crippen LogP contribution < -0.4 is 5.32 Å². The molecule has 0 spiro atoms. The second kappa shape index (κ2) is 7.46. The molecule has 1 aromatic carbocycles. The number of amides is 3. The number of carbonyl (C=O) groups is 2. The fraction of sp³-hybridized carbons (Fsp3) is 0.478. The molecule has 0 bridgehead atoms. The number of nitrogens with zero attached hydrogens (tertiary/aromatic N) is 2. The molecule has 28 heavy (non-hydrogen) atoms. The zero-order valence-electron chi connectivity index (χ0n) is 17.8. The summed E-state index contributed by atoms with van der Waals surface area (Å²) in [5.74, 6) is 0.358. The minimum Gasteiger partial charge on any atom is -0.330 e. The summed E-state index contributed by atoms with van der Waals surface area (Å²) < 4.78 is 0. The highest BCUT2D eigenvalue weighted by Gasteiger charge is 2.45. The van der Waals surface area contributed by atoms with Crippen LogP contribution in [-0.4, -0.2) is 40.9 Å². The zero-order valence-corrected chi connectivity index (χ0v) is 17.8. The number of aryl methyl sites for hydroxylation is 3. The summed E-state index contributed by atoms with van der Waals surface area (Å²) in [6.45, 7) is 17.1. The van der Waals surface area contributed by atoms with Crippen molar-refractivity contribution in [1.29, 1.82) is 0 Å². The van der Waals surface area contributed by atoms with Gasteiger partial charge in [0.25, 0.3) is 5.91 Å². The first kappa shape index (κ1) is 20.2. The Morgan fingerprint density at radius 1 is 1.14 bits per heavy atom. The minimum absolute atomic E-state index is 0.0212. The van der Waals surface area contributed by atoms with Crippen LogP contribution in [0.1, 0.15) is 49.1 Å². The third-order valence-corrected chi connectivity index (χ3v) is 6.21. The molecule has 0 unspecified atom stereocenters. The topological polar surface area (TPSA) is 52.7 Å². The van der Waals surface area contributed by atoms with Gasteiger partial charge in [-0.15, -0.1) is 6.58 Å². The molecule has 1 N–H and O–H groups in total. The summed E-state index contributed by atoms with van der Waals surface area (Å²) in [4.78, 5) is 29.9. The van der Waals surface area contributed by atoms with E-state index >= 15 is 0 Å². The minimum atomic E-state index is -0.417. The Morgan fingerprint density at radius 2 is 1.79 bits per heavy atom. The predicted octanol–water partition coefficient (Wildman–Crippen LogP) is 4.00. The second-order valence-corrected chi connectivity index (χ2v) is 8.35. The molecule has 0 saturated heterocycles. The van der Waals surface area contributed by atoms with E-state index in [-0.39, 0.29) is 18.0 Å². The number of hydrogen-bond acceptors (Lipinski definition) is 2. The summed E-state index contributed by atoms with van der Waals surface area (Å²) in [5, 5.41) is 3.08. The maximum atomic E-state index is 13.5. The van der Waals surface area contributed by atoms with E-state index in [0.717, 1.165) is 22.4 Å². The molecule has 150 valence electrons. The summed E-state index contributed by atoms with van der Waals surface area (Å²) in [5.41, 5.74) is 5.95. The molecule has 0 radical (unpaired) electrons. The van der Waals surface area contributed by atoms with Crippen molar-refractivity contribution in [2.75, 3.05) is 13.1 Å². The number of carbonyl (C=O) groups excluding carboxylic acids is 2. The van der Waals surface area contributed by atoms with E-state index in [2.05, 4.69) is 58.6 Å². The monoisotopic (exact) mass is 381 g/mol. The van der Waals surface area contributed by atoms with Crippen LogP contribution in [-0.2, 0) is 4.79 Å². The summed E-state index contributed by atoms with van der Waals surface area (Å²) in [6, 6.07) is 3.74. The average molecular weight is 382 g/mol. The lowest BCUT2D eigenvalue weighted by atomic mass is 9.89. The van der Waals surface area contributed by atoms with Crippen LogP contribution in [0.15, 0.2) is 36.1 Å². The van der Waals surface area contributed by atoms with Gasteiger partial charge in [-0.1, -0.05) is 32.1 Å². The molecule has 0 fully saturated rings. The molecule has 0 aliphatic carbocycles. The Morgan fingerprint density at radius 3 is 2.39 bits per heavy atom. The first-order chi connectivity index (χ1) is 13.2. The van der Waals surface area contributed by atoms with E-state index < -0.39 is 6.04 Å². The smallest absolute Gasteiger partial charge is 0.322 e. The molecular weight excluding hydrogens is 350 g/mol. The molecule has 3 amide bonds. The Kier molecular flexibility index (Phi) is 5.37. The highest BCUT2D eigenvalue weighted by atomic mass is 16.2. The van der Waals surface area contributed by atoms with Crippen molar-refractivity contribution in [3.63, 3.8) is 0 Å². The maximum absolute atomic E-state index is 13.5. The second-order valence-electron chi connectivity index (χ2n) is 8.35. The van der Waals surface area contributed by atoms with Gasteiger partial charge >= 0.3 is 6.03 Å². The van der Waals surface area contributed by atoms with Crippen LogP contribution in [0.2, 0.25) is 0 Å². The van der Waals surface area contributed by atoms with Gasteiger partial charge in [0.2, 0.25) is 0 Å². The van der Waals surface area contributed by atoms with Crippen molar-refractivity contribution in [2.45, 2.75) is 53.6 Å². The molecule has 0 saturated carbocycles. The number of urea groups is 1. The molecule has 2 aliphatic rings. The van der Waals surface area contributed by atoms with E-state index in [1.54, 1.807) is 11.0 Å². The molecule has 5 heteroatoms. The van der Waals surface area contributed by atoms with Crippen molar-refractivity contribution >= 4 is 11.9 Å². The number of benzene rings is 1. The largest absolute Gasteiger partial charge is 0.330 e. The number of hydrogen-bond donors (Lipinski definition) is 1. The molecule has 5 nitrogen and oxygen atoms in total. The Hall–Kier alpha value is -2.56. The van der Waals surface area contributed by atoms with Gasteiger partial charge in [-0.05, 0) is 55.9 Å². The van der Waals surface area contributed by atoms with Crippen molar-refractivity contribution < 1.29 is 9.59 Å². The lowest BCUT2D eigenvalue weighted by Crippen LogP contribution is -2.47. The van der Waals surface area contributed by atoms with E-state index in [4.69, 9.17) is 0 Å². The number of nitrogens with one attached hydrogen (secondary N) is 1. The SMILES string of the molecule is C=CCN1C(=O)N[C@@H](c2cc(C)c(C)cc2C)C2=C1CN([C@@H](C)C(C)C)C2=O. The van der Waals surface area contributed by atoms with Crippen molar-refractivity contribution in [3.05, 3.63) is 58.3 Å². The molecule has 2 atom stereocenters. The van der Waals surface area contributed by atoms with E-state index in [1.807, 2.05) is 11.8 Å². The van der Waals surface area contributed by atoms with Crippen molar-refractivity contribution in [2.24, 2.45) is 5.92 Å².